The lowest BCUT2D eigenvalue weighted by molar-refractivity contribution is -0.143. The third kappa shape index (κ3) is 8.06. The number of aliphatic hydroxyl groups excluding tert-OH is 1. The summed E-state index contributed by atoms with van der Waals surface area (Å²) in [5, 5.41) is 23.7. The number of carboxylic acid groups (broad SMARTS) is 1. The molecule has 0 aliphatic heterocycles. The van der Waals surface area contributed by atoms with E-state index in [0.717, 1.165) is 28.0 Å². The van der Waals surface area contributed by atoms with Gasteiger partial charge in [-0.2, -0.15) is 0 Å². The van der Waals surface area contributed by atoms with Crippen LogP contribution in [0.1, 0.15) is 49.4 Å². The number of methoxy groups -OCH3 is 1. The number of hydrogen-bond donors (Lipinski definition) is 3. The average molecular weight is 472 g/mol. The molecule has 0 saturated heterocycles. The van der Waals surface area contributed by atoms with Crippen molar-refractivity contribution in [1.29, 1.82) is 0 Å². The number of aliphatic carboxylic acids is 1. The Hall–Kier alpha value is -3.06. The predicted octanol–water partition coefficient (Wildman–Crippen LogP) is 4.44. The molecule has 2 aromatic rings. The van der Waals surface area contributed by atoms with Crippen LogP contribution < -0.4 is 10.1 Å². The Morgan fingerprint density at radius 3 is 2.21 bits per heavy atom. The fourth-order valence-electron chi connectivity index (χ4n) is 3.90. The molecule has 1 amide bonds. The summed E-state index contributed by atoms with van der Waals surface area (Å²) in [6.45, 7) is 9.15. The summed E-state index contributed by atoms with van der Waals surface area (Å²) in [7, 11) is 1.60. The number of carbonyl (C=O) groups excluding carboxylic acids is 1. The molecule has 3 N–H and O–H groups in total. The van der Waals surface area contributed by atoms with Gasteiger partial charge in [-0.25, -0.2) is 4.79 Å². The number of carboxylic acids is 1. The van der Waals surface area contributed by atoms with Crippen molar-refractivity contribution in [3.05, 3.63) is 64.7 Å². The van der Waals surface area contributed by atoms with Gasteiger partial charge in [0.1, 0.15) is 11.4 Å². The molecule has 0 saturated carbocycles. The fraction of sp³-hybridized carbons (Fsp3) is 0.481. The number of ether oxygens (including phenoxy) is 2. The van der Waals surface area contributed by atoms with E-state index in [0.29, 0.717) is 6.42 Å². The molecular weight excluding hydrogens is 434 g/mol. The Morgan fingerprint density at radius 2 is 1.65 bits per heavy atom. The smallest absolute Gasteiger partial charge is 0.407 e. The fourth-order valence-corrected chi connectivity index (χ4v) is 3.90. The second kappa shape index (κ2) is 11.9. The Morgan fingerprint density at radius 1 is 1.00 bits per heavy atom. The van der Waals surface area contributed by atoms with Crippen molar-refractivity contribution in [2.24, 2.45) is 5.92 Å². The standard InChI is InChI=1S/C27H37NO6/c1-17-18(2)24(33-6)13-12-20(17)15-21(25(30)31)16-23(29)22(14-19-10-8-7-9-11-19)28-26(32)34-27(3,4)5/h7-13,21-23,29H,14-16H2,1-6H3,(H,28,32)(H,30,31). The summed E-state index contributed by atoms with van der Waals surface area (Å²) in [6, 6.07) is 12.4. The van der Waals surface area contributed by atoms with Crippen molar-refractivity contribution < 1.29 is 29.3 Å². The highest BCUT2D eigenvalue weighted by molar-refractivity contribution is 5.71. The van der Waals surface area contributed by atoms with Crippen LogP contribution >= 0.6 is 0 Å². The van der Waals surface area contributed by atoms with Crippen LogP contribution in [0.15, 0.2) is 42.5 Å². The minimum atomic E-state index is -1.09. The molecule has 186 valence electrons. The predicted molar refractivity (Wildman–Crippen MR) is 131 cm³/mol. The molecule has 0 aliphatic carbocycles. The summed E-state index contributed by atoms with van der Waals surface area (Å²) in [6.07, 6.45) is -1.16. The molecule has 0 radical (unpaired) electrons. The third-order valence-electron chi connectivity index (χ3n) is 5.88. The van der Waals surface area contributed by atoms with Crippen LogP contribution in [0.4, 0.5) is 4.79 Å². The van der Waals surface area contributed by atoms with Crippen molar-refractivity contribution >= 4 is 12.1 Å². The van der Waals surface area contributed by atoms with Crippen LogP contribution in [-0.4, -0.2) is 47.1 Å². The van der Waals surface area contributed by atoms with Gasteiger partial charge >= 0.3 is 12.1 Å². The molecule has 3 atom stereocenters. The molecular formula is C27H37NO6. The average Bonchev–Trinajstić information content (AvgIpc) is 2.75. The van der Waals surface area contributed by atoms with E-state index < -0.39 is 35.7 Å². The van der Waals surface area contributed by atoms with Crippen LogP contribution in [0.5, 0.6) is 5.75 Å². The SMILES string of the molecule is COc1ccc(CC(CC(O)C(Cc2ccccc2)NC(=O)OC(C)(C)C)C(=O)O)c(C)c1C. The molecule has 0 aromatic heterocycles. The van der Waals surface area contributed by atoms with Crippen LogP contribution in [0, 0.1) is 19.8 Å². The van der Waals surface area contributed by atoms with E-state index in [1.54, 1.807) is 27.9 Å². The van der Waals surface area contributed by atoms with Gasteiger partial charge in [0.15, 0.2) is 0 Å². The van der Waals surface area contributed by atoms with Crippen LogP contribution in [0.3, 0.4) is 0 Å². The topological polar surface area (TPSA) is 105 Å². The molecule has 7 heteroatoms. The lowest BCUT2D eigenvalue weighted by Crippen LogP contribution is -2.47. The van der Waals surface area contributed by atoms with Crippen LogP contribution in [-0.2, 0) is 22.4 Å². The van der Waals surface area contributed by atoms with Crippen molar-refractivity contribution in [1.82, 2.24) is 5.32 Å². The second-order valence-corrected chi connectivity index (χ2v) is 9.66. The molecule has 0 aliphatic rings. The first-order valence-corrected chi connectivity index (χ1v) is 11.5. The van der Waals surface area contributed by atoms with Crippen molar-refractivity contribution in [3.63, 3.8) is 0 Å². The molecule has 2 aromatic carbocycles. The number of nitrogens with one attached hydrogen (secondary N) is 1. The molecule has 2 rings (SSSR count). The number of aliphatic hydroxyl groups is 1. The Balaban J connectivity index is 2.22. The molecule has 7 nitrogen and oxygen atoms in total. The van der Waals surface area contributed by atoms with Gasteiger partial charge in [-0.05, 0) is 82.2 Å². The van der Waals surface area contributed by atoms with E-state index in [4.69, 9.17) is 9.47 Å². The normalized spacial score (nSPS) is 14.1. The van der Waals surface area contributed by atoms with Gasteiger partial charge in [-0.15, -0.1) is 0 Å². The zero-order valence-electron chi connectivity index (χ0n) is 20.9. The van der Waals surface area contributed by atoms with E-state index in [1.807, 2.05) is 56.3 Å². The van der Waals surface area contributed by atoms with Gasteiger partial charge in [-0.1, -0.05) is 36.4 Å². The Labute approximate surface area is 202 Å². The lowest BCUT2D eigenvalue weighted by Gasteiger charge is -2.28. The van der Waals surface area contributed by atoms with Gasteiger partial charge in [0, 0.05) is 0 Å². The number of benzene rings is 2. The first-order valence-electron chi connectivity index (χ1n) is 11.5. The number of amides is 1. The Bertz CT molecular complexity index is 967. The van der Waals surface area contributed by atoms with E-state index in [2.05, 4.69) is 5.32 Å². The van der Waals surface area contributed by atoms with Gasteiger partial charge < -0.3 is 25.0 Å². The minimum absolute atomic E-state index is 0.0207. The molecule has 0 bridgehead atoms. The zero-order chi connectivity index (χ0) is 25.5. The van der Waals surface area contributed by atoms with Gasteiger partial charge in [-0.3, -0.25) is 4.79 Å². The molecule has 0 heterocycles. The highest BCUT2D eigenvalue weighted by Crippen LogP contribution is 2.27. The zero-order valence-corrected chi connectivity index (χ0v) is 20.9. The highest BCUT2D eigenvalue weighted by atomic mass is 16.6. The van der Waals surface area contributed by atoms with Gasteiger partial charge in [0.05, 0.1) is 25.2 Å². The minimum Gasteiger partial charge on any atom is -0.496 e. The molecule has 34 heavy (non-hydrogen) atoms. The van der Waals surface area contributed by atoms with Crippen molar-refractivity contribution in [2.45, 2.75) is 71.6 Å². The van der Waals surface area contributed by atoms with E-state index in [-0.39, 0.29) is 12.8 Å². The maximum absolute atomic E-state index is 12.4. The lowest BCUT2D eigenvalue weighted by atomic mass is 9.87. The van der Waals surface area contributed by atoms with Crippen molar-refractivity contribution in [3.8, 4) is 5.75 Å². The van der Waals surface area contributed by atoms with E-state index >= 15 is 0 Å². The summed E-state index contributed by atoms with van der Waals surface area (Å²) >= 11 is 0. The maximum Gasteiger partial charge on any atom is 0.407 e. The van der Waals surface area contributed by atoms with Crippen molar-refractivity contribution in [2.75, 3.05) is 7.11 Å². The maximum atomic E-state index is 12.4. The van der Waals surface area contributed by atoms with E-state index in [1.165, 1.54) is 0 Å². The summed E-state index contributed by atoms with van der Waals surface area (Å²) in [5.74, 6) is -1.08. The van der Waals surface area contributed by atoms with Crippen LogP contribution in [0.25, 0.3) is 0 Å². The third-order valence-corrected chi connectivity index (χ3v) is 5.88. The Kier molecular flexibility index (Phi) is 9.50. The van der Waals surface area contributed by atoms with E-state index in [9.17, 15) is 19.8 Å². The summed E-state index contributed by atoms with van der Waals surface area (Å²) in [4.78, 5) is 24.5. The van der Waals surface area contributed by atoms with Crippen LogP contribution in [0.2, 0.25) is 0 Å². The number of carbonyl (C=O) groups is 2. The number of rotatable bonds is 10. The molecule has 3 unspecified atom stereocenters. The quantitative estimate of drug-likeness (QED) is 0.473. The first-order chi connectivity index (χ1) is 15.9. The number of alkyl carbamates (subject to hydrolysis) is 1. The number of hydrogen-bond acceptors (Lipinski definition) is 5. The second-order valence-electron chi connectivity index (χ2n) is 9.66. The first kappa shape index (κ1) is 27.2. The summed E-state index contributed by atoms with van der Waals surface area (Å²) in [5.41, 5.74) is 3.03. The monoisotopic (exact) mass is 471 g/mol. The van der Waals surface area contributed by atoms with Gasteiger partial charge in [0.25, 0.3) is 0 Å². The molecule has 0 fully saturated rings. The summed E-state index contributed by atoms with van der Waals surface area (Å²) < 4.78 is 10.7. The molecule has 0 spiro atoms. The highest BCUT2D eigenvalue weighted by Gasteiger charge is 2.30. The van der Waals surface area contributed by atoms with Gasteiger partial charge in [0.2, 0.25) is 0 Å². The largest absolute Gasteiger partial charge is 0.496 e.